The molecule has 13 N–H and O–H groups in total. The zero-order chi connectivity index (χ0) is 90.5. The Kier molecular flexibility index (Phi) is 54.7. The standard InChI is InChI=1S/C29H43N5O3.C25H36N4O5.C18H21ClN4O.C11H23NO2.3CO2.K.H2O/c1-10-12-13-21(18-25(35)37-28(3,4)5)32-26-22(23(11-2)33-27(30)34-26)17-19-16-20(29(6,7)31-8)14-15-24(19)36-9;1-6-8-9-17(14-21(30)31)27-22-18(19(7-2)28-24(26)29-22)13-15-12-16(10-11-20(15)34-5)25(3,4)23(32)33;1-6-14-13(16(19)23-17(20)22-14)10-11-9-12(18(2,3)21-4)7-8-15(11)24-5;1-5-6-7-9(12)8-10(13)14-11(2,3)4;3*2-1-3;;/h14-16,21H,10-13,17-18H2,1-7,9H3,(H3,30,32,33,34);10-12,17H,6-9,13-14H2,1-5H3,(H,30,31)(H,32,33)(H3,26,27,28,29);7-9H,6,10H2,1-3,5H3,(H2,20,22,23);9H,5-8,12H2,1-4H3;;;;;1H2/q;;;;;;;+1;/p-1/t21-;17-;;9-;;;;;/m00.0...../s1. The van der Waals surface area contributed by atoms with Crippen LogP contribution in [0.4, 0.5) is 29.5 Å². The molecule has 3 heterocycles. The van der Waals surface area contributed by atoms with Crippen LogP contribution in [-0.2, 0) is 112 Å². The minimum absolute atomic E-state index is 0. The van der Waals surface area contributed by atoms with Crippen molar-refractivity contribution in [1.29, 1.82) is 0 Å². The zero-order valence-electron chi connectivity index (χ0n) is 73.9. The second-order valence-corrected chi connectivity index (χ2v) is 31.1. The molecule has 3 aromatic carbocycles. The number of carbonyl (C=O) groups excluding carboxylic acids is 8. The molecule has 0 aliphatic rings. The number of anilines is 5. The number of esters is 2. The molecule has 0 aliphatic heterocycles. The van der Waals surface area contributed by atoms with E-state index in [1.54, 1.807) is 47.3 Å². The molecule has 0 fully saturated rings. The predicted octanol–water partition coefficient (Wildman–Crippen LogP) is 11.4. The van der Waals surface area contributed by atoms with Crippen LogP contribution in [0, 0.1) is 13.1 Å². The van der Waals surface area contributed by atoms with Crippen molar-refractivity contribution < 1.29 is 139 Å². The van der Waals surface area contributed by atoms with E-state index in [-0.39, 0.29) is 136 Å². The molecule has 0 amide bonds. The normalized spacial score (nSPS) is 11.4. The number of aromatic nitrogens is 6. The molecule has 0 radical (unpaired) electrons. The summed E-state index contributed by atoms with van der Waals surface area (Å²) < 4.78 is 27.5. The van der Waals surface area contributed by atoms with Gasteiger partial charge in [-0.05, 0) is 159 Å². The number of hydrogen-bond donors (Lipinski definition) is 8. The van der Waals surface area contributed by atoms with Crippen LogP contribution in [-0.4, -0.2) is 139 Å². The SMILES string of the molecule is CCCC[C@@H](CC(=O)O)Nc1nc(N)nc(CC)c1Cc1cc(C(C)(C)C(=O)O)ccc1OC.CCCC[C@H](N)CC(=O)OC(C)(C)C.O=C=O.O=C=O.O=C=O.[C-]#[N+]C(C)(C)c1ccc(OC)c(Cc2c(CC)nc(N)nc2N[C@@H](CCCC)CC(=O)OC(C)(C)C)c1.[C-]#[N+]C(C)(C)c1ccc(OC)c(Cc2c(Cl)nc(N)nc2CC)c1.[K+].[OH-]. The van der Waals surface area contributed by atoms with Crippen molar-refractivity contribution in [3.05, 3.63) is 150 Å². The predicted molar refractivity (Wildman–Crippen MR) is 451 cm³/mol. The average Bonchev–Trinajstić information content (AvgIpc) is 0.797. The van der Waals surface area contributed by atoms with Gasteiger partial charge in [0.05, 0.1) is 63.1 Å². The molecule has 120 heavy (non-hydrogen) atoms. The molecule has 34 heteroatoms. The van der Waals surface area contributed by atoms with Crippen molar-refractivity contribution in [3.8, 4) is 17.2 Å². The maximum atomic E-state index is 12.7. The van der Waals surface area contributed by atoms with Crippen LogP contribution >= 0.6 is 11.6 Å². The van der Waals surface area contributed by atoms with E-state index in [4.69, 9.17) is 100 Å². The number of carboxylic acids is 2. The summed E-state index contributed by atoms with van der Waals surface area (Å²) in [5, 5.41) is 26.2. The number of unbranched alkanes of at least 4 members (excludes halogenated alkanes) is 3. The van der Waals surface area contributed by atoms with Crippen LogP contribution in [0.5, 0.6) is 17.2 Å². The van der Waals surface area contributed by atoms with Crippen molar-refractivity contribution in [2.75, 3.05) is 49.2 Å². The molecule has 6 rings (SSSR count). The van der Waals surface area contributed by atoms with Gasteiger partial charge in [0.25, 0.3) is 11.1 Å². The second kappa shape index (κ2) is 57.4. The molecule has 3 aromatic heterocycles. The van der Waals surface area contributed by atoms with E-state index >= 15 is 0 Å². The number of carboxylic acid groups (broad SMARTS) is 2. The average molecular weight is 1720 g/mol. The van der Waals surface area contributed by atoms with Gasteiger partial charge in [0, 0.05) is 92.9 Å². The molecule has 3 atom stereocenters. The van der Waals surface area contributed by atoms with Gasteiger partial charge in [0.2, 0.25) is 17.8 Å². The Morgan fingerprint density at radius 3 is 1.12 bits per heavy atom. The van der Waals surface area contributed by atoms with Crippen molar-refractivity contribution in [3.63, 3.8) is 0 Å². The van der Waals surface area contributed by atoms with Crippen molar-refractivity contribution >= 4 is 83.4 Å². The number of ether oxygens (including phenoxy) is 5. The maximum absolute atomic E-state index is 12.7. The number of nitrogens with two attached hydrogens (primary N) is 4. The molecule has 0 spiro atoms. The number of aliphatic carboxylic acids is 2. The number of halogens is 1. The fourth-order valence-corrected chi connectivity index (χ4v) is 12.0. The summed E-state index contributed by atoms with van der Waals surface area (Å²) in [4.78, 5) is 130. The number of methoxy groups -OCH3 is 3. The number of hydrogen-bond acceptors (Lipinski definition) is 28. The minimum Gasteiger partial charge on any atom is -0.870 e. The third kappa shape index (κ3) is 41.4. The van der Waals surface area contributed by atoms with Gasteiger partial charge in [-0.25, -0.2) is 33.1 Å². The van der Waals surface area contributed by atoms with Crippen LogP contribution in [0.3, 0.4) is 0 Å². The number of aryl methyl sites for hydroxylation is 3. The molecule has 0 bridgehead atoms. The van der Waals surface area contributed by atoms with Crippen molar-refractivity contribution in [2.45, 2.75) is 286 Å². The summed E-state index contributed by atoms with van der Waals surface area (Å²) in [6, 6.07) is 16.5. The number of nitrogens with one attached hydrogen (secondary N) is 2. The molecular formula is C86H124ClKN14O18. The van der Waals surface area contributed by atoms with Crippen LogP contribution < -0.4 is 99.2 Å². The molecule has 0 saturated carbocycles. The quantitative estimate of drug-likeness (QED) is 0.00793. The van der Waals surface area contributed by atoms with E-state index in [9.17, 15) is 29.4 Å². The molecule has 6 aromatic rings. The smallest absolute Gasteiger partial charge is 0.870 e. The Morgan fingerprint density at radius 1 is 0.492 bits per heavy atom. The minimum atomic E-state index is -1.08. The van der Waals surface area contributed by atoms with E-state index in [1.165, 1.54) is 0 Å². The first-order valence-electron chi connectivity index (χ1n) is 38.8. The van der Waals surface area contributed by atoms with Crippen LogP contribution in [0.25, 0.3) is 9.69 Å². The summed E-state index contributed by atoms with van der Waals surface area (Å²) in [5.74, 6) is 1.41. The summed E-state index contributed by atoms with van der Waals surface area (Å²) >= 11 is 6.30. The third-order valence-corrected chi connectivity index (χ3v) is 18.3. The van der Waals surface area contributed by atoms with Gasteiger partial charge in [0.1, 0.15) is 45.2 Å². The molecule has 0 saturated heterocycles. The van der Waals surface area contributed by atoms with E-state index in [0.717, 1.165) is 124 Å². The largest absolute Gasteiger partial charge is 1.00 e. The van der Waals surface area contributed by atoms with E-state index in [2.05, 4.69) is 71.0 Å². The molecule has 32 nitrogen and oxygen atoms in total. The second-order valence-electron chi connectivity index (χ2n) is 30.8. The summed E-state index contributed by atoms with van der Waals surface area (Å²) in [7, 11) is 4.83. The topological polar surface area (TPSA) is 502 Å². The van der Waals surface area contributed by atoms with Gasteiger partial charge in [-0.2, -0.15) is 38.7 Å². The number of nitrogens with zero attached hydrogens (tertiary/aromatic N) is 8. The molecule has 654 valence electrons. The fraction of sp³-hybridized carbons (Fsp3) is 0.547. The van der Waals surface area contributed by atoms with Gasteiger partial charge in [-0.15, -0.1) is 0 Å². The Labute approximate surface area is 754 Å². The van der Waals surface area contributed by atoms with Crippen LogP contribution in [0.15, 0.2) is 54.6 Å². The van der Waals surface area contributed by atoms with E-state index in [1.807, 2.05) is 132 Å². The summed E-state index contributed by atoms with van der Waals surface area (Å²) in [6.07, 6.45) is 12.9. The van der Waals surface area contributed by atoms with Crippen molar-refractivity contribution in [2.24, 2.45) is 5.73 Å². The van der Waals surface area contributed by atoms with Gasteiger partial charge < -0.3 is 82.6 Å². The van der Waals surface area contributed by atoms with E-state index in [0.29, 0.717) is 79.5 Å². The first kappa shape index (κ1) is 114. The molecule has 0 unspecified atom stereocenters. The van der Waals surface area contributed by atoms with Gasteiger partial charge >= 0.3 is 93.7 Å². The number of rotatable bonds is 35. The van der Waals surface area contributed by atoms with Gasteiger partial charge in [-0.3, -0.25) is 19.2 Å². The first-order chi connectivity index (χ1) is 55.3. The number of nitrogen functional groups attached to an aromatic ring is 3. The van der Waals surface area contributed by atoms with Crippen LogP contribution in [0.1, 0.15) is 269 Å². The Hall–Kier alpha value is -9.85. The number of carbonyl (C=O) groups is 4. The van der Waals surface area contributed by atoms with Crippen LogP contribution in [0.2, 0.25) is 5.15 Å². The van der Waals surface area contributed by atoms with Crippen molar-refractivity contribution in [1.82, 2.24) is 29.9 Å². The Morgan fingerprint density at radius 2 is 0.800 bits per heavy atom. The maximum Gasteiger partial charge on any atom is 1.00 e. The fourth-order valence-electron chi connectivity index (χ4n) is 11.7. The van der Waals surface area contributed by atoms with Gasteiger partial charge in [-0.1, -0.05) is 104 Å². The third-order valence-electron chi connectivity index (χ3n) is 18.0. The molecule has 0 aliphatic carbocycles. The number of benzene rings is 3. The summed E-state index contributed by atoms with van der Waals surface area (Å²) in [6.45, 7) is 49.4. The Bertz CT molecular complexity index is 4380. The monoisotopic (exact) mass is 1710 g/mol. The first-order valence-corrected chi connectivity index (χ1v) is 39.2. The molecular weight excluding hydrogens is 1590 g/mol. The summed E-state index contributed by atoms with van der Waals surface area (Å²) in [5.41, 5.74) is 30.3. The zero-order valence-corrected chi connectivity index (χ0v) is 77.8. The van der Waals surface area contributed by atoms with E-state index < -0.39 is 39.6 Å². The Balaban J connectivity index is -0.00000152. The van der Waals surface area contributed by atoms with Gasteiger partial charge in [0.15, 0.2) is 0 Å².